The van der Waals surface area contributed by atoms with Crippen molar-refractivity contribution in [1.29, 1.82) is 0 Å². The lowest BCUT2D eigenvalue weighted by Gasteiger charge is -2.32. The molecule has 0 radical (unpaired) electrons. The number of benzene rings is 1. The lowest BCUT2D eigenvalue weighted by Crippen LogP contribution is -2.56. The van der Waals surface area contributed by atoms with E-state index < -0.39 is 12.1 Å². The molecule has 0 unspecified atom stereocenters. The fourth-order valence-electron chi connectivity index (χ4n) is 4.81. The van der Waals surface area contributed by atoms with Crippen molar-refractivity contribution >= 4 is 36.9 Å². The molecule has 0 aromatic heterocycles. The first-order valence-electron chi connectivity index (χ1n) is 11.7. The molecule has 1 aliphatic carbocycles. The first-order valence-corrected chi connectivity index (χ1v) is 12.1. The number of likely N-dealkylation sites (tertiary alicyclic amines) is 1. The van der Waals surface area contributed by atoms with Gasteiger partial charge in [0.2, 0.25) is 11.8 Å². The Bertz CT molecular complexity index is 757. The second-order valence-electron chi connectivity index (χ2n) is 8.76. The van der Waals surface area contributed by atoms with Crippen molar-refractivity contribution in [2.45, 2.75) is 69.5 Å². The molecule has 1 saturated heterocycles. The highest BCUT2D eigenvalue weighted by Crippen LogP contribution is 2.28. The van der Waals surface area contributed by atoms with Gasteiger partial charge in [-0.15, -0.1) is 0 Å². The highest BCUT2D eigenvalue weighted by Gasteiger charge is 2.39. The Morgan fingerprint density at radius 2 is 1.84 bits per heavy atom. The Kier molecular flexibility index (Phi) is 8.90. The summed E-state index contributed by atoms with van der Waals surface area (Å²) in [4.78, 5) is 28.7. The molecule has 168 valence electrons. The zero-order valence-corrected chi connectivity index (χ0v) is 19.3. The van der Waals surface area contributed by atoms with Gasteiger partial charge in [0, 0.05) is 6.54 Å². The van der Waals surface area contributed by atoms with E-state index in [0.717, 1.165) is 37.7 Å². The van der Waals surface area contributed by atoms with E-state index in [1.165, 1.54) is 6.42 Å². The molecule has 8 heteroatoms. The molecule has 2 amide bonds. The van der Waals surface area contributed by atoms with Crippen LogP contribution in [0.4, 0.5) is 0 Å². The molecule has 1 aliphatic heterocycles. The third kappa shape index (κ3) is 6.29. The number of carbonyl (C=O) groups excluding carboxylic acids is 2. The Morgan fingerprint density at radius 3 is 2.52 bits per heavy atom. The van der Waals surface area contributed by atoms with Crippen molar-refractivity contribution in [3.8, 4) is 0 Å². The van der Waals surface area contributed by atoms with E-state index in [4.69, 9.17) is 18.0 Å². The Labute approximate surface area is 192 Å². The maximum Gasteiger partial charge on any atom is 0.243 e. The van der Waals surface area contributed by atoms with Crippen LogP contribution in [0.2, 0.25) is 0 Å². The maximum absolute atomic E-state index is 13.2. The number of amides is 2. The molecule has 31 heavy (non-hydrogen) atoms. The molecule has 0 bridgehead atoms. The van der Waals surface area contributed by atoms with Gasteiger partial charge in [-0.05, 0) is 50.0 Å². The van der Waals surface area contributed by atoms with Crippen LogP contribution >= 0.6 is 12.2 Å². The third-order valence-electron chi connectivity index (χ3n) is 6.55. The van der Waals surface area contributed by atoms with Crippen LogP contribution in [-0.2, 0) is 16.0 Å². The van der Waals surface area contributed by atoms with Gasteiger partial charge < -0.3 is 21.3 Å². The zero-order valence-electron chi connectivity index (χ0n) is 18.5. The predicted octanol–water partition coefficient (Wildman–Crippen LogP) is 1.12. The van der Waals surface area contributed by atoms with Gasteiger partial charge in [-0.2, -0.15) is 0 Å². The Balaban J connectivity index is 1.66. The number of rotatable bonds is 8. The van der Waals surface area contributed by atoms with E-state index in [1.54, 1.807) is 4.90 Å². The minimum absolute atomic E-state index is 0.0709. The zero-order chi connectivity index (χ0) is 22.2. The van der Waals surface area contributed by atoms with Crippen molar-refractivity contribution in [3.63, 3.8) is 0 Å². The minimum Gasteiger partial charge on any atom is -0.386 e. The largest absolute Gasteiger partial charge is 0.386 e. The lowest BCUT2D eigenvalue weighted by molar-refractivity contribution is -0.140. The quantitative estimate of drug-likeness (QED) is 0.415. The van der Waals surface area contributed by atoms with E-state index >= 15 is 0 Å². The van der Waals surface area contributed by atoms with Crippen LogP contribution in [0.25, 0.3) is 0 Å². The molecule has 2 fully saturated rings. The number of nitrogens with one attached hydrogen (secondary N) is 2. The summed E-state index contributed by atoms with van der Waals surface area (Å²) in [6.45, 7) is 0.596. The summed E-state index contributed by atoms with van der Waals surface area (Å²) < 4.78 is 0. The molecule has 3 atom stereocenters. The van der Waals surface area contributed by atoms with Crippen molar-refractivity contribution in [1.82, 2.24) is 15.5 Å². The van der Waals surface area contributed by atoms with Crippen LogP contribution in [0.1, 0.15) is 50.5 Å². The third-order valence-corrected chi connectivity index (χ3v) is 6.98. The first-order chi connectivity index (χ1) is 15.0. The molecule has 1 aromatic carbocycles. The Hall–Kier alpha value is -1.93. The normalized spacial score (nSPS) is 21.3. The van der Waals surface area contributed by atoms with Gasteiger partial charge in [0.1, 0.15) is 13.9 Å². The average Bonchev–Trinajstić information content (AvgIpc) is 3.29. The minimum atomic E-state index is -0.503. The van der Waals surface area contributed by atoms with Crippen molar-refractivity contribution in [2.75, 3.05) is 13.0 Å². The number of thiocarbonyl (C=S) groups is 1. The molecule has 1 heterocycles. The van der Waals surface area contributed by atoms with Gasteiger partial charge in [-0.1, -0.05) is 61.8 Å². The molecule has 0 spiro atoms. The van der Waals surface area contributed by atoms with Crippen LogP contribution in [0.15, 0.2) is 30.3 Å². The van der Waals surface area contributed by atoms with Crippen molar-refractivity contribution < 1.29 is 9.59 Å². The lowest BCUT2D eigenvalue weighted by atomic mass is 9.83. The molecule has 2 aliphatic rings. The molecular formula is C23H35BN4O2S. The summed E-state index contributed by atoms with van der Waals surface area (Å²) in [5.41, 5.74) is 7.48. The maximum atomic E-state index is 13.2. The second-order valence-corrected chi connectivity index (χ2v) is 9.20. The molecule has 6 nitrogen and oxygen atoms in total. The van der Waals surface area contributed by atoms with Crippen LogP contribution in [0, 0.1) is 5.92 Å². The molecule has 1 aromatic rings. The number of nitrogens with two attached hydrogens (primary N) is 1. The van der Waals surface area contributed by atoms with Gasteiger partial charge in [0.05, 0.1) is 17.1 Å². The van der Waals surface area contributed by atoms with E-state index in [0.29, 0.717) is 30.8 Å². The van der Waals surface area contributed by atoms with E-state index in [2.05, 4.69) is 10.6 Å². The smallest absolute Gasteiger partial charge is 0.243 e. The SMILES string of the molecule is BCNC(=S)[C@H](Cc1ccccc1)NC(=O)[C@@H]1CCCN1C(=O)[C@@H](N)C1CCCCC1. The van der Waals surface area contributed by atoms with E-state index in [-0.39, 0.29) is 23.8 Å². The van der Waals surface area contributed by atoms with Crippen LogP contribution in [0.3, 0.4) is 0 Å². The topological polar surface area (TPSA) is 87.5 Å². The predicted molar refractivity (Wildman–Crippen MR) is 131 cm³/mol. The summed E-state index contributed by atoms with van der Waals surface area (Å²) in [6.07, 6.45) is 8.31. The van der Waals surface area contributed by atoms with Gasteiger partial charge >= 0.3 is 0 Å². The van der Waals surface area contributed by atoms with Gasteiger partial charge in [0.15, 0.2) is 0 Å². The summed E-state index contributed by atoms with van der Waals surface area (Å²) in [7, 11) is 1.98. The summed E-state index contributed by atoms with van der Waals surface area (Å²) in [5, 5.41) is 6.29. The summed E-state index contributed by atoms with van der Waals surface area (Å²) in [6, 6.07) is 8.71. The van der Waals surface area contributed by atoms with E-state index in [9.17, 15) is 9.59 Å². The fourth-order valence-corrected chi connectivity index (χ4v) is 5.10. The molecule has 4 N–H and O–H groups in total. The summed E-state index contributed by atoms with van der Waals surface area (Å²) >= 11 is 5.55. The van der Waals surface area contributed by atoms with Crippen LogP contribution < -0.4 is 16.4 Å². The average molecular weight is 442 g/mol. The molecule has 1 saturated carbocycles. The molecular weight excluding hydrogens is 407 g/mol. The number of nitrogens with zero attached hydrogens (tertiary/aromatic N) is 1. The second kappa shape index (κ2) is 11.6. The van der Waals surface area contributed by atoms with Crippen LogP contribution in [0.5, 0.6) is 0 Å². The Morgan fingerprint density at radius 1 is 1.13 bits per heavy atom. The highest BCUT2D eigenvalue weighted by atomic mass is 32.1. The monoisotopic (exact) mass is 442 g/mol. The summed E-state index contributed by atoms with van der Waals surface area (Å²) in [5.74, 6) is 0.0269. The number of hydrogen-bond acceptors (Lipinski definition) is 4. The fraction of sp³-hybridized carbons (Fsp3) is 0.609. The van der Waals surface area contributed by atoms with Gasteiger partial charge in [-0.3, -0.25) is 9.59 Å². The number of carbonyl (C=O) groups is 2. The standard InChI is InChI=1S/C23H35BN4O2S/c24-15-26-22(31)18(14-16-8-3-1-4-9-16)27-21(29)19-12-7-13-28(19)23(30)20(25)17-10-5-2-6-11-17/h1,3-4,8-9,17-20H,2,5-7,10-15,24-25H2,(H,26,31)(H,27,29)/t18-,19-,20-/m0/s1. The first kappa shape index (κ1) is 23.7. The molecule has 3 rings (SSSR count). The van der Waals surface area contributed by atoms with Gasteiger partial charge in [0.25, 0.3) is 0 Å². The van der Waals surface area contributed by atoms with E-state index in [1.807, 2.05) is 38.2 Å². The van der Waals surface area contributed by atoms with Crippen molar-refractivity contribution in [2.24, 2.45) is 11.7 Å². The van der Waals surface area contributed by atoms with Crippen LogP contribution in [-0.4, -0.2) is 60.7 Å². The number of hydrogen-bond donors (Lipinski definition) is 3. The highest BCUT2D eigenvalue weighted by molar-refractivity contribution is 7.80. The van der Waals surface area contributed by atoms with Crippen molar-refractivity contribution in [3.05, 3.63) is 35.9 Å². The van der Waals surface area contributed by atoms with Gasteiger partial charge in [-0.25, -0.2) is 0 Å².